The van der Waals surface area contributed by atoms with Crippen LogP contribution < -0.4 is 4.90 Å². The minimum Gasteiger partial charge on any atom is -0.374 e. The van der Waals surface area contributed by atoms with Gasteiger partial charge in [0.25, 0.3) is 0 Å². The van der Waals surface area contributed by atoms with Crippen LogP contribution in [0.25, 0.3) is 0 Å². The zero-order valence-electron chi connectivity index (χ0n) is 9.55. The molecule has 1 aromatic rings. The van der Waals surface area contributed by atoms with Crippen LogP contribution in [0, 0.1) is 5.92 Å². The molecule has 0 aliphatic heterocycles. The smallest absolute Gasteiger partial charge is 0.0494 e. The second kappa shape index (κ2) is 5.42. The van der Waals surface area contributed by atoms with Crippen LogP contribution in [-0.4, -0.2) is 13.6 Å². The molecule has 88 valence electrons. The van der Waals surface area contributed by atoms with Crippen LogP contribution in [0.4, 0.5) is 5.69 Å². The molecule has 0 aromatic heterocycles. The summed E-state index contributed by atoms with van der Waals surface area (Å²) >= 11 is 9.49. The van der Waals surface area contributed by atoms with Crippen molar-refractivity contribution < 1.29 is 0 Å². The van der Waals surface area contributed by atoms with E-state index in [1.54, 1.807) is 0 Å². The van der Waals surface area contributed by atoms with Gasteiger partial charge in [0.05, 0.1) is 0 Å². The lowest BCUT2D eigenvalue weighted by Crippen LogP contribution is -2.29. The largest absolute Gasteiger partial charge is 0.374 e. The SMILES string of the molecule is CN(CC1CCC1)c1cc(Br)ccc1CCl. The molecule has 1 saturated carbocycles. The Morgan fingerprint density at radius 1 is 1.44 bits per heavy atom. The van der Waals surface area contributed by atoms with Crippen molar-refractivity contribution in [2.45, 2.75) is 25.1 Å². The highest BCUT2D eigenvalue weighted by Gasteiger charge is 2.20. The first kappa shape index (κ1) is 12.3. The highest BCUT2D eigenvalue weighted by atomic mass is 79.9. The van der Waals surface area contributed by atoms with Gasteiger partial charge in [-0.15, -0.1) is 11.6 Å². The van der Waals surface area contributed by atoms with E-state index in [1.807, 2.05) is 0 Å². The third kappa shape index (κ3) is 2.72. The van der Waals surface area contributed by atoms with E-state index in [2.05, 4.69) is 46.1 Å². The second-order valence-corrected chi connectivity index (χ2v) is 5.77. The van der Waals surface area contributed by atoms with E-state index >= 15 is 0 Å². The van der Waals surface area contributed by atoms with Gasteiger partial charge in [0, 0.05) is 29.6 Å². The maximum absolute atomic E-state index is 5.97. The lowest BCUT2D eigenvalue weighted by atomic mass is 9.85. The molecule has 0 bridgehead atoms. The van der Waals surface area contributed by atoms with Crippen molar-refractivity contribution in [2.75, 3.05) is 18.5 Å². The van der Waals surface area contributed by atoms with Gasteiger partial charge < -0.3 is 4.90 Å². The third-order valence-electron chi connectivity index (χ3n) is 3.36. The Kier molecular flexibility index (Phi) is 4.15. The summed E-state index contributed by atoms with van der Waals surface area (Å²) in [6.07, 6.45) is 4.17. The number of anilines is 1. The number of hydrogen-bond donors (Lipinski definition) is 0. The molecule has 0 saturated heterocycles. The van der Waals surface area contributed by atoms with E-state index in [1.165, 1.54) is 30.5 Å². The van der Waals surface area contributed by atoms with Crippen LogP contribution in [-0.2, 0) is 5.88 Å². The summed E-state index contributed by atoms with van der Waals surface area (Å²) in [7, 11) is 2.16. The van der Waals surface area contributed by atoms with E-state index in [0.717, 1.165) is 16.9 Å². The maximum atomic E-state index is 5.97. The van der Waals surface area contributed by atoms with E-state index < -0.39 is 0 Å². The van der Waals surface area contributed by atoms with Crippen molar-refractivity contribution >= 4 is 33.2 Å². The Balaban J connectivity index is 2.13. The van der Waals surface area contributed by atoms with Gasteiger partial charge in [0.2, 0.25) is 0 Å². The Hall–Kier alpha value is -0.210. The monoisotopic (exact) mass is 301 g/mol. The molecule has 1 aromatic carbocycles. The van der Waals surface area contributed by atoms with Gasteiger partial charge in [-0.3, -0.25) is 0 Å². The number of alkyl halides is 1. The standard InChI is InChI=1S/C13H17BrClN/c1-16(9-10-3-2-4-10)13-7-12(14)6-5-11(13)8-15/h5-7,10H,2-4,8-9H2,1H3. The van der Waals surface area contributed by atoms with Gasteiger partial charge in [-0.25, -0.2) is 0 Å². The molecule has 1 fully saturated rings. The molecule has 1 aliphatic carbocycles. The topological polar surface area (TPSA) is 3.24 Å². The predicted molar refractivity (Wildman–Crippen MR) is 74.3 cm³/mol. The lowest BCUT2D eigenvalue weighted by Gasteiger charge is -2.32. The van der Waals surface area contributed by atoms with Crippen LogP contribution in [0.5, 0.6) is 0 Å². The van der Waals surface area contributed by atoms with E-state index in [4.69, 9.17) is 11.6 Å². The van der Waals surface area contributed by atoms with Crippen molar-refractivity contribution in [3.63, 3.8) is 0 Å². The normalized spacial score (nSPS) is 15.9. The molecular weight excluding hydrogens is 286 g/mol. The quantitative estimate of drug-likeness (QED) is 0.744. The number of rotatable bonds is 4. The van der Waals surface area contributed by atoms with Crippen molar-refractivity contribution in [3.8, 4) is 0 Å². The highest BCUT2D eigenvalue weighted by molar-refractivity contribution is 9.10. The van der Waals surface area contributed by atoms with Gasteiger partial charge in [0.15, 0.2) is 0 Å². The summed E-state index contributed by atoms with van der Waals surface area (Å²) in [6.45, 7) is 1.15. The first-order chi connectivity index (χ1) is 7.70. The van der Waals surface area contributed by atoms with Crippen LogP contribution in [0.3, 0.4) is 0 Å². The minimum atomic E-state index is 0.581. The van der Waals surface area contributed by atoms with Crippen LogP contribution in [0.1, 0.15) is 24.8 Å². The molecule has 0 radical (unpaired) electrons. The molecule has 0 heterocycles. The van der Waals surface area contributed by atoms with Gasteiger partial charge >= 0.3 is 0 Å². The number of hydrogen-bond acceptors (Lipinski definition) is 1. The van der Waals surface area contributed by atoms with Crippen molar-refractivity contribution in [3.05, 3.63) is 28.2 Å². The first-order valence-corrected chi connectivity index (χ1v) is 7.09. The van der Waals surface area contributed by atoms with E-state index in [9.17, 15) is 0 Å². The fraction of sp³-hybridized carbons (Fsp3) is 0.538. The lowest BCUT2D eigenvalue weighted by molar-refractivity contribution is 0.321. The van der Waals surface area contributed by atoms with Crippen molar-refractivity contribution in [1.82, 2.24) is 0 Å². The fourth-order valence-electron chi connectivity index (χ4n) is 2.17. The molecule has 1 nitrogen and oxygen atoms in total. The van der Waals surface area contributed by atoms with Crippen molar-refractivity contribution in [2.24, 2.45) is 5.92 Å². The molecule has 16 heavy (non-hydrogen) atoms. The second-order valence-electron chi connectivity index (χ2n) is 4.58. The Morgan fingerprint density at radius 2 is 2.19 bits per heavy atom. The maximum Gasteiger partial charge on any atom is 0.0494 e. The number of halogens is 2. The molecule has 0 unspecified atom stereocenters. The van der Waals surface area contributed by atoms with Crippen molar-refractivity contribution in [1.29, 1.82) is 0 Å². The van der Waals surface area contributed by atoms with Gasteiger partial charge in [-0.2, -0.15) is 0 Å². The zero-order chi connectivity index (χ0) is 11.5. The highest BCUT2D eigenvalue weighted by Crippen LogP contribution is 2.31. The Bertz CT molecular complexity index is 363. The van der Waals surface area contributed by atoms with Crippen LogP contribution >= 0.6 is 27.5 Å². The summed E-state index contributed by atoms with van der Waals surface area (Å²) < 4.78 is 1.12. The van der Waals surface area contributed by atoms with Crippen LogP contribution in [0.15, 0.2) is 22.7 Å². The summed E-state index contributed by atoms with van der Waals surface area (Å²) in [5.41, 5.74) is 2.47. The van der Waals surface area contributed by atoms with Gasteiger partial charge in [-0.1, -0.05) is 28.4 Å². The van der Waals surface area contributed by atoms with E-state index in [-0.39, 0.29) is 0 Å². The van der Waals surface area contributed by atoms with Crippen LogP contribution in [0.2, 0.25) is 0 Å². The summed E-state index contributed by atoms with van der Waals surface area (Å²) in [5.74, 6) is 1.46. The molecular formula is C13H17BrClN. The Morgan fingerprint density at radius 3 is 2.75 bits per heavy atom. The molecule has 2 rings (SSSR count). The van der Waals surface area contributed by atoms with Gasteiger partial charge in [-0.05, 0) is 36.5 Å². The predicted octanol–water partition coefficient (Wildman–Crippen LogP) is 4.42. The number of benzene rings is 1. The summed E-state index contributed by atoms with van der Waals surface area (Å²) in [4.78, 5) is 2.34. The average Bonchev–Trinajstić information content (AvgIpc) is 2.23. The summed E-state index contributed by atoms with van der Waals surface area (Å²) in [6, 6.07) is 6.32. The molecule has 0 atom stereocenters. The molecule has 0 amide bonds. The molecule has 0 N–H and O–H groups in total. The summed E-state index contributed by atoms with van der Waals surface area (Å²) in [5, 5.41) is 0. The first-order valence-electron chi connectivity index (χ1n) is 5.76. The molecule has 3 heteroatoms. The third-order valence-corrected chi connectivity index (χ3v) is 4.14. The minimum absolute atomic E-state index is 0.581. The molecule has 1 aliphatic rings. The zero-order valence-corrected chi connectivity index (χ0v) is 11.9. The average molecular weight is 303 g/mol. The Labute approximate surface area is 111 Å². The number of nitrogens with zero attached hydrogens (tertiary/aromatic N) is 1. The fourth-order valence-corrected chi connectivity index (χ4v) is 2.74. The molecule has 0 spiro atoms. The van der Waals surface area contributed by atoms with Gasteiger partial charge in [0.1, 0.15) is 0 Å². The van der Waals surface area contributed by atoms with E-state index in [0.29, 0.717) is 5.88 Å².